The van der Waals surface area contributed by atoms with E-state index >= 15 is 0 Å². The predicted octanol–water partition coefficient (Wildman–Crippen LogP) is 4.64. The highest BCUT2D eigenvalue weighted by molar-refractivity contribution is 7.71. The second kappa shape index (κ2) is 8.07. The van der Waals surface area contributed by atoms with E-state index in [-0.39, 0.29) is 17.2 Å². The van der Waals surface area contributed by atoms with Gasteiger partial charge in [-0.15, -0.1) is 6.58 Å². The zero-order valence-electron chi connectivity index (χ0n) is 15.8. The Morgan fingerprint density at radius 2 is 2.25 bits per heavy atom. The fourth-order valence-electron chi connectivity index (χ4n) is 2.71. The Labute approximate surface area is 171 Å². The SMILES string of the molecule is C=CCn1c(-c2sc(NC(=O)c3ccc(C(C)C)cc3O)nc2C)n[nH]c1=S. The van der Waals surface area contributed by atoms with E-state index in [2.05, 4.69) is 27.1 Å². The summed E-state index contributed by atoms with van der Waals surface area (Å²) in [5.41, 5.74) is 1.89. The summed E-state index contributed by atoms with van der Waals surface area (Å²) in [6, 6.07) is 5.08. The lowest BCUT2D eigenvalue weighted by molar-refractivity contribution is 0.102. The van der Waals surface area contributed by atoms with Crippen molar-refractivity contribution in [1.29, 1.82) is 0 Å². The maximum absolute atomic E-state index is 12.6. The van der Waals surface area contributed by atoms with Gasteiger partial charge in [0.15, 0.2) is 15.7 Å². The number of aromatic amines is 1. The maximum atomic E-state index is 12.6. The number of hydrogen-bond acceptors (Lipinski definition) is 6. The molecule has 28 heavy (non-hydrogen) atoms. The van der Waals surface area contributed by atoms with Crippen LogP contribution in [0.4, 0.5) is 5.13 Å². The van der Waals surface area contributed by atoms with E-state index in [1.165, 1.54) is 11.3 Å². The van der Waals surface area contributed by atoms with Crippen molar-refractivity contribution >= 4 is 34.6 Å². The molecule has 0 fully saturated rings. The molecule has 3 N–H and O–H groups in total. The van der Waals surface area contributed by atoms with Gasteiger partial charge in [-0.1, -0.05) is 37.3 Å². The minimum absolute atomic E-state index is 0.0518. The van der Waals surface area contributed by atoms with Crippen LogP contribution in [0.5, 0.6) is 5.75 Å². The molecule has 0 saturated heterocycles. The Hall–Kier alpha value is -2.78. The standard InChI is InChI=1S/C19H21N5O2S2/c1-5-8-24-16(22-23-19(24)27)15-11(4)20-18(28-15)21-17(26)13-7-6-12(10(2)3)9-14(13)25/h5-7,9-10,25H,1,8H2,2-4H3,(H,23,27)(H,20,21,26). The molecule has 0 aliphatic carbocycles. The summed E-state index contributed by atoms with van der Waals surface area (Å²) in [6.07, 6.45) is 1.73. The molecule has 2 heterocycles. The van der Waals surface area contributed by atoms with Gasteiger partial charge in [0.25, 0.3) is 5.91 Å². The number of rotatable bonds is 6. The normalized spacial score (nSPS) is 11.0. The molecular weight excluding hydrogens is 394 g/mol. The van der Waals surface area contributed by atoms with E-state index < -0.39 is 5.91 Å². The molecule has 2 aromatic heterocycles. The molecule has 3 aromatic rings. The third kappa shape index (κ3) is 3.90. The molecule has 0 aliphatic rings. The molecule has 0 aliphatic heterocycles. The summed E-state index contributed by atoms with van der Waals surface area (Å²) in [5, 5.41) is 20.4. The van der Waals surface area contributed by atoms with Crippen LogP contribution in [-0.2, 0) is 6.54 Å². The molecule has 7 nitrogen and oxygen atoms in total. The van der Waals surface area contributed by atoms with Gasteiger partial charge in [0, 0.05) is 6.54 Å². The van der Waals surface area contributed by atoms with Gasteiger partial charge in [0.1, 0.15) is 5.75 Å². The average molecular weight is 416 g/mol. The van der Waals surface area contributed by atoms with Gasteiger partial charge in [-0.2, -0.15) is 5.10 Å². The van der Waals surface area contributed by atoms with Gasteiger partial charge in [0.05, 0.1) is 16.1 Å². The van der Waals surface area contributed by atoms with Crippen LogP contribution in [0.1, 0.15) is 41.4 Å². The quantitative estimate of drug-likeness (QED) is 0.403. The predicted molar refractivity (Wildman–Crippen MR) is 114 cm³/mol. The van der Waals surface area contributed by atoms with Crippen LogP contribution in [0.25, 0.3) is 10.7 Å². The van der Waals surface area contributed by atoms with E-state index in [0.717, 1.165) is 16.1 Å². The van der Waals surface area contributed by atoms with Crippen molar-refractivity contribution in [2.45, 2.75) is 33.2 Å². The first-order valence-corrected chi connectivity index (χ1v) is 9.92. The van der Waals surface area contributed by atoms with E-state index in [0.29, 0.717) is 22.3 Å². The van der Waals surface area contributed by atoms with Crippen molar-refractivity contribution in [3.05, 3.63) is 52.4 Å². The lowest BCUT2D eigenvalue weighted by Gasteiger charge is -2.09. The molecule has 1 aromatic carbocycles. The number of hydrogen-bond donors (Lipinski definition) is 3. The van der Waals surface area contributed by atoms with Crippen molar-refractivity contribution in [3.63, 3.8) is 0 Å². The number of aryl methyl sites for hydroxylation is 1. The van der Waals surface area contributed by atoms with Crippen LogP contribution < -0.4 is 5.32 Å². The van der Waals surface area contributed by atoms with Crippen LogP contribution >= 0.6 is 23.6 Å². The Bertz CT molecular complexity index is 1090. The summed E-state index contributed by atoms with van der Waals surface area (Å²) in [4.78, 5) is 17.8. The minimum atomic E-state index is -0.418. The van der Waals surface area contributed by atoms with E-state index in [1.807, 2.05) is 31.4 Å². The third-order valence-electron chi connectivity index (χ3n) is 4.22. The molecule has 0 unspecified atom stereocenters. The van der Waals surface area contributed by atoms with Gasteiger partial charge in [-0.25, -0.2) is 4.98 Å². The molecule has 0 radical (unpaired) electrons. The number of amides is 1. The average Bonchev–Trinajstić information content (AvgIpc) is 3.17. The molecule has 0 atom stereocenters. The zero-order chi connectivity index (χ0) is 20.4. The number of aromatic hydroxyl groups is 1. The van der Waals surface area contributed by atoms with Crippen LogP contribution in [0.3, 0.4) is 0 Å². The summed E-state index contributed by atoms with van der Waals surface area (Å²) >= 11 is 6.54. The molecule has 9 heteroatoms. The maximum Gasteiger partial charge on any atom is 0.261 e. The van der Waals surface area contributed by atoms with Gasteiger partial charge in [0.2, 0.25) is 0 Å². The first-order chi connectivity index (χ1) is 13.3. The number of nitrogens with zero attached hydrogens (tertiary/aromatic N) is 3. The number of anilines is 1. The summed E-state index contributed by atoms with van der Waals surface area (Å²) < 4.78 is 2.30. The lowest BCUT2D eigenvalue weighted by atomic mass is 10.0. The Balaban J connectivity index is 1.87. The smallest absolute Gasteiger partial charge is 0.261 e. The van der Waals surface area contributed by atoms with Crippen LogP contribution in [-0.4, -0.2) is 30.8 Å². The highest BCUT2D eigenvalue weighted by Crippen LogP contribution is 2.32. The number of nitrogens with one attached hydrogen (secondary N) is 2. The molecule has 0 saturated carbocycles. The first-order valence-electron chi connectivity index (χ1n) is 8.70. The number of carbonyl (C=O) groups is 1. The number of phenols is 1. The fraction of sp³-hybridized carbons (Fsp3) is 0.263. The summed E-state index contributed by atoms with van der Waals surface area (Å²) in [5.74, 6) is 0.434. The van der Waals surface area contributed by atoms with Gasteiger partial charge < -0.3 is 5.11 Å². The number of aromatic nitrogens is 4. The van der Waals surface area contributed by atoms with Crippen molar-refractivity contribution in [2.75, 3.05) is 5.32 Å². The van der Waals surface area contributed by atoms with Gasteiger partial charge in [-0.3, -0.25) is 19.8 Å². The Morgan fingerprint density at radius 3 is 2.89 bits per heavy atom. The monoisotopic (exact) mass is 415 g/mol. The van der Waals surface area contributed by atoms with E-state index in [1.54, 1.807) is 18.2 Å². The third-order valence-corrected chi connectivity index (χ3v) is 5.60. The molecule has 146 valence electrons. The lowest BCUT2D eigenvalue weighted by Crippen LogP contribution is -2.12. The number of H-pyrrole nitrogens is 1. The number of allylic oxidation sites excluding steroid dienone is 1. The first kappa shape index (κ1) is 20.0. The largest absolute Gasteiger partial charge is 0.507 e. The van der Waals surface area contributed by atoms with Crippen molar-refractivity contribution in [1.82, 2.24) is 19.7 Å². The molecule has 0 spiro atoms. The minimum Gasteiger partial charge on any atom is -0.507 e. The van der Waals surface area contributed by atoms with E-state index in [4.69, 9.17) is 12.2 Å². The number of phenolic OH excluding ortho intramolecular Hbond substituents is 1. The Morgan fingerprint density at radius 1 is 1.50 bits per heavy atom. The molecule has 3 rings (SSSR count). The molecule has 1 amide bonds. The number of thiazole rings is 1. The highest BCUT2D eigenvalue weighted by Gasteiger charge is 2.19. The van der Waals surface area contributed by atoms with Crippen molar-refractivity contribution in [3.8, 4) is 16.5 Å². The molecular formula is C19H21N5O2S2. The second-order valence-corrected chi connectivity index (χ2v) is 7.96. The van der Waals surface area contributed by atoms with Gasteiger partial charge in [-0.05, 0) is 42.8 Å². The number of benzene rings is 1. The Kier molecular flexibility index (Phi) is 5.76. The van der Waals surface area contributed by atoms with Crippen molar-refractivity contribution < 1.29 is 9.90 Å². The topological polar surface area (TPSA) is 95.8 Å². The molecule has 0 bridgehead atoms. The summed E-state index contributed by atoms with van der Waals surface area (Å²) in [6.45, 7) is 10.1. The van der Waals surface area contributed by atoms with Crippen LogP contribution in [0.2, 0.25) is 0 Å². The second-order valence-electron chi connectivity index (χ2n) is 6.57. The van der Waals surface area contributed by atoms with Crippen molar-refractivity contribution in [2.24, 2.45) is 0 Å². The van der Waals surface area contributed by atoms with Crippen LogP contribution in [0, 0.1) is 11.7 Å². The highest BCUT2D eigenvalue weighted by atomic mass is 32.1. The van der Waals surface area contributed by atoms with Crippen LogP contribution in [0.15, 0.2) is 30.9 Å². The fourth-order valence-corrected chi connectivity index (χ4v) is 3.88. The van der Waals surface area contributed by atoms with Gasteiger partial charge >= 0.3 is 0 Å². The summed E-state index contributed by atoms with van der Waals surface area (Å²) in [7, 11) is 0. The van der Waals surface area contributed by atoms with E-state index in [9.17, 15) is 9.90 Å². The zero-order valence-corrected chi connectivity index (χ0v) is 17.4. The number of carbonyl (C=O) groups excluding carboxylic acids is 1.